The normalized spacial score (nSPS) is 37.5. The number of thiazole rings is 1. The molecule has 3 fully saturated rings. The van der Waals surface area contributed by atoms with Crippen molar-refractivity contribution < 1.29 is 9.90 Å². The van der Waals surface area contributed by atoms with Crippen molar-refractivity contribution in [1.82, 2.24) is 4.98 Å². The Labute approximate surface area is 183 Å². The molecule has 0 saturated heterocycles. The molecule has 162 valence electrons. The molecule has 0 aliphatic heterocycles. The molecule has 1 aromatic heterocycles. The van der Waals surface area contributed by atoms with Gasteiger partial charge in [0.05, 0.1) is 6.10 Å². The smallest absolute Gasteiger partial charge is 0.226 e. The van der Waals surface area contributed by atoms with Crippen molar-refractivity contribution in [3.8, 4) is 0 Å². The molecule has 5 heteroatoms. The summed E-state index contributed by atoms with van der Waals surface area (Å²) in [6.45, 7) is 4.33. The van der Waals surface area contributed by atoms with Crippen LogP contribution in [0.4, 0.5) is 5.13 Å². The summed E-state index contributed by atoms with van der Waals surface area (Å²) < 4.78 is 0. The number of aliphatic hydroxyl groups excluding tert-OH is 1. The van der Waals surface area contributed by atoms with Crippen LogP contribution in [0.2, 0.25) is 0 Å². The zero-order valence-electron chi connectivity index (χ0n) is 18.2. The van der Waals surface area contributed by atoms with E-state index in [1.165, 1.54) is 43.4 Å². The SMILES string of the molecule is Cc1cnc(NC(=O)CC[C@@H]2CC(O)[C@@]3(C)CCC4C5=CCCC=C5CCC4C23)s1. The van der Waals surface area contributed by atoms with E-state index in [2.05, 4.69) is 29.4 Å². The summed E-state index contributed by atoms with van der Waals surface area (Å²) in [5.41, 5.74) is 3.27. The number of carbonyl (C=O) groups excluding carboxylic acids is 1. The minimum atomic E-state index is -0.226. The molecule has 6 atom stereocenters. The van der Waals surface area contributed by atoms with Crippen molar-refractivity contribution in [3.05, 3.63) is 34.4 Å². The van der Waals surface area contributed by atoms with Gasteiger partial charge in [-0.15, -0.1) is 11.3 Å². The summed E-state index contributed by atoms with van der Waals surface area (Å²) in [5.74, 6) is 2.37. The Hall–Kier alpha value is -1.46. The van der Waals surface area contributed by atoms with Gasteiger partial charge in [-0.05, 0) is 98.5 Å². The van der Waals surface area contributed by atoms with Crippen molar-refractivity contribution in [3.63, 3.8) is 0 Å². The van der Waals surface area contributed by atoms with E-state index < -0.39 is 0 Å². The Morgan fingerprint density at radius 1 is 1.33 bits per heavy atom. The minimum absolute atomic E-state index is 0.0190. The van der Waals surface area contributed by atoms with Crippen LogP contribution in [0.15, 0.2) is 29.5 Å². The van der Waals surface area contributed by atoms with Crippen LogP contribution < -0.4 is 5.32 Å². The molecule has 0 aromatic carbocycles. The van der Waals surface area contributed by atoms with Crippen LogP contribution in [0.1, 0.15) is 69.6 Å². The van der Waals surface area contributed by atoms with Gasteiger partial charge in [0.25, 0.3) is 0 Å². The highest BCUT2D eigenvalue weighted by atomic mass is 32.1. The number of amides is 1. The molecule has 4 aliphatic carbocycles. The fourth-order valence-electron chi connectivity index (χ4n) is 7.24. The van der Waals surface area contributed by atoms with E-state index >= 15 is 0 Å². The summed E-state index contributed by atoms with van der Waals surface area (Å²) >= 11 is 1.52. The molecule has 1 aromatic rings. The van der Waals surface area contributed by atoms with E-state index in [9.17, 15) is 9.90 Å². The first-order valence-electron chi connectivity index (χ1n) is 11.8. The van der Waals surface area contributed by atoms with Gasteiger partial charge in [0.15, 0.2) is 5.13 Å². The molecule has 2 N–H and O–H groups in total. The second kappa shape index (κ2) is 7.90. The van der Waals surface area contributed by atoms with Crippen LogP contribution in [0.3, 0.4) is 0 Å². The minimum Gasteiger partial charge on any atom is -0.393 e. The summed E-state index contributed by atoms with van der Waals surface area (Å²) in [4.78, 5) is 17.9. The zero-order chi connectivity index (χ0) is 20.9. The number of aryl methyl sites for hydroxylation is 1. The largest absolute Gasteiger partial charge is 0.393 e. The number of nitrogens with zero attached hydrogens (tertiary/aromatic N) is 1. The van der Waals surface area contributed by atoms with Gasteiger partial charge in [-0.1, -0.05) is 19.1 Å². The molecule has 4 unspecified atom stereocenters. The number of carbonyl (C=O) groups is 1. The lowest BCUT2D eigenvalue weighted by molar-refractivity contribution is -0.116. The molecule has 0 bridgehead atoms. The van der Waals surface area contributed by atoms with Crippen molar-refractivity contribution >= 4 is 22.4 Å². The number of aliphatic hydroxyl groups is 1. The zero-order valence-corrected chi connectivity index (χ0v) is 19.0. The predicted molar refractivity (Wildman–Crippen MR) is 121 cm³/mol. The number of hydrogen-bond donors (Lipinski definition) is 2. The first-order chi connectivity index (χ1) is 14.5. The summed E-state index contributed by atoms with van der Waals surface area (Å²) in [6.07, 6.45) is 16.0. The van der Waals surface area contributed by atoms with Crippen molar-refractivity contribution in [2.75, 3.05) is 5.32 Å². The number of aromatic nitrogens is 1. The molecule has 30 heavy (non-hydrogen) atoms. The maximum absolute atomic E-state index is 12.5. The Morgan fingerprint density at radius 3 is 2.97 bits per heavy atom. The van der Waals surface area contributed by atoms with Gasteiger partial charge < -0.3 is 10.4 Å². The van der Waals surface area contributed by atoms with Crippen LogP contribution >= 0.6 is 11.3 Å². The van der Waals surface area contributed by atoms with Crippen LogP contribution in [0, 0.1) is 36.0 Å². The molecule has 0 radical (unpaired) electrons. The summed E-state index contributed by atoms with van der Waals surface area (Å²) in [6, 6.07) is 0. The fourth-order valence-corrected chi connectivity index (χ4v) is 7.93. The number of rotatable bonds is 4. The molecule has 5 rings (SSSR count). The lowest BCUT2D eigenvalue weighted by atomic mass is 9.52. The molecular weight excluding hydrogens is 392 g/mol. The highest BCUT2D eigenvalue weighted by Gasteiger charge is 2.58. The van der Waals surface area contributed by atoms with Crippen molar-refractivity contribution in [1.29, 1.82) is 0 Å². The van der Waals surface area contributed by atoms with Gasteiger partial charge in [-0.3, -0.25) is 4.79 Å². The number of hydrogen-bond acceptors (Lipinski definition) is 4. The van der Waals surface area contributed by atoms with Crippen LogP contribution in [-0.4, -0.2) is 22.1 Å². The van der Waals surface area contributed by atoms with Gasteiger partial charge in [0, 0.05) is 17.5 Å². The molecule has 3 saturated carbocycles. The van der Waals surface area contributed by atoms with E-state index in [0.29, 0.717) is 35.2 Å². The van der Waals surface area contributed by atoms with Crippen LogP contribution in [-0.2, 0) is 4.79 Å². The average Bonchev–Trinajstić information content (AvgIpc) is 3.26. The van der Waals surface area contributed by atoms with E-state index in [1.807, 2.05) is 6.92 Å². The molecular formula is C25H34N2O2S. The van der Waals surface area contributed by atoms with E-state index in [-0.39, 0.29) is 17.4 Å². The number of allylic oxidation sites excluding steroid dienone is 4. The first-order valence-corrected chi connectivity index (χ1v) is 12.6. The first kappa shape index (κ1) is 20.4. The van der Waals surface area contributed by atoms with E-state index in [1.54, 1.807) is 17.3 Å². The van der Waals surface area contributed by atoms with Gasteiger partial charge in [0.2, 0.25) is 5.91 Å². The molecule has 1 amide bonds. The third-order valence-corrected chi connectivity index (χ3v) is 9.41. The van der Waals surface area contributed by atoms with Crippen LogP contribution in [0.25, 0.3) is 0 Å². The molecule has 4 nitrogen and oxygen atoms in total. The monoisotopic (exact) mass is 426 g/mol. The number of nitrogens with one attached hydrogen (secondary N) is 1. The van der Waals surface area contributed by atoms with Gasteiger partial charge in [0.1, 0.15) is 0 Å². The quantitative estimate of drug-likeness (QED) is 0.655. The van der Waals surface area contributed by atoms with Gasteiger partial charge in [-0.2, -0.15) is 0 Å². The highest BCUT2D eigenvalue weighted by molar-refractivity contribution is 7.15. The van der Waals surface area contributed by atoms with Crippen LogP contribution in [0.5, 0.6) is 0 Å². The van der Waals surface area contributed by atoms with Crippen molar-refractivity contribution in [2.45, 2.75) is 77.7 Å². The van der Waals surface area contributed by atoms with E-state index in [0.717, 1.165) is 24.1 Å². The molecule has 0 spiro atoms. The number of anilines is 1. The Bertz CT molecular complexity index is 887. The molecule has 4 aliphatic rings. The van der Waals surface area contributed by atoms with E-state index in [4.69, 9.17) is 0 Å². The molecule has 1 heterocycles. The Kier molecular flexibility index (Phi) is 5.39. The lowest BCUT2D eigenvalue weighted by Crippen LogP contribution is -2.46. The predicted octanol–water partition coefficient (Wildman–Crippen LogP) is 5.64. The maximum Gasteiger partial charge on any atom is 0.226 e. The maximum atomic E-state index is 12.5. The van der Waals surface area contributed by atoms with Crippen molar-refractivity contribution in [2.24, 2.45) is 29.1 Å². The average molecular weight is 427 g/mol. The van der Waals surface area contributed by atoms with Gasteiger partial charge in [-0.25, -0.2) is 4.98 Å². The second-order valence-electron chi connectivity index (χ2n) is 10.2. The van der Waals surface area contributed by atoms with Gasteiger partial charge >= 0.3 is 0 Å². The Balaban J connectivity index is 1.30. The second-order valence-corrected chi connectivity index (χ2v) is 11.5. The fraction of sp³-hybridized carbons (Fsp3) is 0.680. The standard InChI is InChI=1S/C25H34N2O2S/c1-15-14-26-24(30-15)27-22(29)10-8-17-13-21(28)25(2)12-11-19-18-6-4-3-5-16(18)7-9-20(19)23(17)25/h5-6,14,17,19-21,23,28H,3-4,7-13H2,1-2H3,(H,26,27,29)/t17-,19?,20?,21?,23?,25-/m1/s1. The highest BCUT2D eigenvalue weighted by Crippen LogP contribution is 2.63. The third kappa shape index (κ3) is 3.48. The summed E-state index contributed by atoms with van der Waals surface area (Å²) in [5, 5.41) is 14.7. The topological polar surface area (TPSA) is 62.2 Å². The number of fused-ring (bicyclic) bond motifs is 5. The Morgan fingerprint density at radius 2 is 2.17 bits per heavy atom. The third-order valence-electron chi connectivity index (χ3n) is 8.58. The summed E-state index contributed by atoms with van der Waals surface area (Å²) in [7, 11) is 0. The lowest BCUT2D eigenvalue weighted by Gasteiger charge is -2.52.